The summed E-state index contributed by atoms with van der Waals surface area (Å²) in [5.41, 5.74) is 10.6. The second kappa shape index (κ2) is 8.91. The first-order chi connectivity index (χ1) is 11.6. The monoisotopic (exact) mass is 360 g/mol. The number of aliphatic carboxylic acids is 1. The van der Waals surface area contributed by atoms with Gasteiger partial charge in [-0.15, -0.1) is 0 Å². The van der Waals surface area contributed by atoms with E-state index >= 15 is 0 Å². The van der Waals surface area contributed by atoms with E-state index in [1.54, 1.807) is 0 Å². The molecule has 3 amide bonds. The highest BCUT2D eigenvalue weighted by atomic mass is 16.5. The number of carboxylic acids is 1. The number of hydrogen-bond acceptors (Lipinski definition) is 9. The van der Waals surface area contributed by atoms with Gasteiger partial charge in [-0.2, -0.15) is 4.98 Å². The summed E-state index contributed by atoms with van der Waals surface area (Å²) in [6.45, 7) is 0.725. The molecular weight excluding hydrogens is 340 g/mol. The number of carbonyl (C=O) groups is 3. The van der Waals surface area contributed by atoms with Gasteiger partial charge in [0.25, 0.3) is 0 Å². The molecule has 140 valence electrons. The van der Waals surface area contributed by atoms with Crippen LogP contribution in [0.1, 0.15) is 37.1 Å². The highest BCUT2D eigenvalue weighted by Gasteiger charge is 2.29. The lowest BCUT2D eigenvalue weighted by molar-refractivity contribution is -0.141. The summed E-state index contributed by atoms with van der Waals surface area (Å²) in [6, 6.07) is -4.67. The topological polar surface area (TPSA) is 227 Å². The maximum atomic E-state index is 11.9. The van der Waals surface area contributed by atoms with Gasteiger partial charge in [0.2, 0.25) is 11.8 Å². The summed E-state index contributed by atoms with van der Waals surface area (Å²) in [4.78, 5) is 37.9. The van der Waals surface area contributed by atoms with Gasteiger partial charge in [-0.1, -0.05) is 5.16 Å². The van der Waals surface area contributed by atoms with Crippen LogP contribution in [0.15, 0.2) is 4.52 Å². The Bertz CT molecular complexity index is 619. The molecule has 0 spiro atoms. The van der Waals surface area contributed by atoms with Crippen molar-refractivity contribution in [3.63, 3.8) is 0 Å². The molecule has 4 atom stereocenters. The summed E-state index contributed by atoms with van der Waals surface area (Å²) in [6.07, 6.45) is -1.79. The van der Waals surface area contributed by atoms with Crippen LogP contribution in [-0.4, -0.2) is 62.1 Å². The Morgan fingerprint density at radius 3 is 2.44 bits per heavy atom. The number of aliphatic hydroxyl groups excluding tert-OH is 2. The van der Waals surface area contributed by atoms with Gasteiger partial charge in [0, 0.05) is 0 Å². The molecule has 13 heteroatoms. The van der Waals surface area contributed by atoms with E-state index in [9.17, 15) is 19.5 Å². The zero-order chi connectivity index (χ0) is 19.1. The second-order valence-electron chi connectivity index (χ2n) is 5.18. The van der Waals surface area contributed by atoms with Crippen molar-refractivity contribution >= 4 is 17.9 Å². The third kappa shape index (κ3) is 5.98. The average Bonchev–Trinajstić information content (AvgIpc) is 3.00. The maximum Gasteiger partial charge on any atom is 0.328 e. The number of primary amides is 1. The minimum Gasteiger partial charge on any atom is -0.480 e. The van der Waals surface area contributed by atoms with E-state index < -0.39 is 55.2 Å². The fraction of sp³-hybridized carbons (Fsp3) is 0.583. The SMILES string of the molecule is CC(O)[C@@H](NC(=O)N[C@@H](CC(N)=O)c1nc([C@@H](N)CO)no1)C(=O)O. The molecule has 0 aliphatic rings. The molecule has 0 aliphatic carbocycles. The number of nitrogens with one attached hydrogen (secondary N) is 2. The number of aliphatic hydroxyl groups is 2. The van der Waals surface area contributed by atoms with Crippen molar-refractivity contribution in [2.75, 3.05) is 6.61 Å². The normalized spacial score (nSPS) is 15.7. The quantitative estimate of drug-likeness (QED) is 0.238. The molecule has 0 saturated heterocycles. The highest BCUT2D eigenvalue weighted by Crippen LogP contribution is 2.16. The molecule has 25 heavy (non-hydrogen) atoms. The molecule has 1 rings (SSSR count). The number of rotatable bonds is 9. The smallest absolute Gasteiger partial charge is 0.328 e. The van der Waals surface area contributed by atoms with Crippen LogP contribution in [0.2, 0.25) is 0 Å². The van der Waals surface area contributed by atoms with Crippen molar-refractivity contribution in [2.24, 2.45) is 11.5 Å². The van der Waals surface area contributed by atoms with Crippen molar-refractivity contribution in [3.8, 4) is 0 Å². The summed E-state index contributed by atoms with van der Waals surface area (Å²) in [7, 11) is 0. The van der Waals surface area contributed by atoms with E-state index in [0.717, 1.165) is 0 Å². The van der Waals surface area contributed by atoms with Crippen LogP contribution in [-0.2, 0) is 9.59 Å². The molecule has 1 aromatic heterocycles. The first-order valence-corrected chi connectivity index (χ1v) is 7.11. The Labute approximate surface area is 141 Å². The Morgan fingerprint density at radius 1 is 1.32 bits per heavy atom. The fourth-order valence-corrected chi connectivity index (χ4v) is 1.75. The lowest BCUT2D eigenvalue weighted by Gasteiger charge is -2.19. The van der Waals surface area contributed by atoms with Crippen LogP contribution >= 0.6 is 0 Å². The molecule has 0 aliphatic heterocycles. The average molecular weight is 360 g/mol. The molecule has 0 bridgehead atoms. The van der Waals surface area contributed by atoms with Gasteiger partial charge in [-0.05, 0) is 6.92 Å². The van der Waals surface area contributed by atoms with Gasteiger partial charge in [-0.3, -0.25) is 4.79 Å². The fourth-order valence-electron chi connectivity index (χ4n) is 1.75. The zero-order valence-electron chi connectivity index (χ0n) is 13.2. The number of nitrogens with two attached hydrogens (primary N) is 2. The van der Waals surface area contributed by atoms with Gasteiger partial charge in [0.15, 0.2) is 11.9 Å². The van der Waals surface area contributed by atoms with E-state index in [1.165, 1.54) is 6.92 Å². The van der Waals surface area contributed by atoms with Gasteiger partial charge in [-0.25, -0.2) is 9.59 Å². The molecule has 9 N–H and O–H groups in total. The molecule has 1 heterocycles. The molecule has 0 fully saturated rings. The van der Waals surface area contributed by atoms with Crippen LogP contribution in [0, 0.1) is 0 Å². The number of aromatic nitrogens is 2. The van der Waals surface area contributed by atoms with E-state index in [4.69, 9.17) is 26.2 Å². The van der Waals surface area contributed by atoms with E-state index in [0.29, 0.717) is 0 Å². The largest absolute Gasteiger partial charge is 0.480 e. The molecule has 1 aromatic rings. The van der Waals surface area contributed by atoms with Gasteiger partial charge < -0.3 is 41.9 Å². The van der Waals surface area contributed by atoms with E-state index in [1.807, 2.05) is 5.32 Å². The van der Waals surface area contributed by atoms with Gasteiger partial charge >= 0.3 is 12.0 Å². The molecule has 0 radical (unpaired) electrons. The van der Waals surface area contributed by atoms with Gasteiger partial charge in [0.05, 0.1) is 25.2 Å². The molecule has 0 aromatic carbocycles. The standard InChI is InChI=1S/C12H20N6O7/c1-4(20)8(11(22)23)16-12(24)15-6(2-7(14)21)10-17-9(18-25-10)5(13)3-19/h4-6,8,19-20H,2-3,13H2,1H3,(H2,14,21)(H,22,23)(H2,15,16,24)/t4?,5-,6-,8+/m0/s1. The van der Waals surface area contributed by atoms with Gasteiger partial charge in [0.1, 0.15) is 6.04 Å². The van der Waals surface area contributed by atoms with Crippen LogP contribution < -0.4 is 22.1 Å². The molecule has 13 nitrogen and oxygen atoms in total. The van der Waals surface area contributed by atoms with Crippen LogP contribution in [0.3, 0.4) is 0 Å². The summed E-state index contributed by atoms with van der Waals surface area (Å²) >= 11 is 0. The second-order valence-corrected chi connectivity index (χ2v) is 5.18. The van der Waals surface area contributed by atoms with Crippen molar-refractivity contribution in [2.45, 2.75) is 37.6 Å². The Hall–Kier alpha value is -2.77. The predicted molar refractivity (Wildman–Crippen MR) is 79.6 cm³/mol. The third-order valence-electron chi connectivity index (χ3n) is 3.03. The van der Waals surface area contributed by atoms with E-state index in [-0.39, 0.29) is 11.7 Å². The number of carbonyl (C=O) groups excluding carboxylic acids is 2. The summed E-state index contributed by atoms with van der Waals surface area (Å²) < 4.78 is 4.88. The first kappa shape index (κ1) is 20.3. The van der Waals surface area contributed by atoms with Crippen molar-refractivity contribution in [1.29, 1.82) is 0 Å². The summed E-state index contributed by atoms with van der Waals surface area (Å²) in [5.74, 6) is -2.52. The van der Waals surface area contributed by atoms with E-state index in [2.05, 4.69) is 15.5 Å². The zero-order valence-corrected chi connectivity index (χ0v) is 13.2. The predicted octanol–water partition coefficient (Wildman–Crippen LogP) is -2.89. The van der Waals surface area contributed by atoms with Crippen molar-refractivity contribution in [1.82, 2.24) is 20.8 Å². The van der Waals surface area contributed by atoms with Crippen LogP contribution in [0.4, 0.5) is 4.79 Å². The maximum absolute atomic E-state index is 11.9. The van der Waals surface area contributed by atoms with Crippen molar-refractivity contribution in [3.05, 3.63) is 11.7 Å². The Kier molecular flexibility index (Phi) is 7.22. The number of nitrogens with zero attached hydrogens (tertiary/aromatic N) is 2. The first-order valence-electron chi connectivity index (χ1n) is 7.11. The highest BCUT2D eigenvalue weighted by molar-refractivity contribution is 5.83. The summed E-state index contributed by atoms with van der Waals surface area (Å²) in [5, 5.41) is 35.0. The molecular formula is C12H20N6O7. The Morgan fingerprint density at radius 2 is 1.96 bits per heavy atom. The lowest BCUT2D eigenvalue weighted by Crippen LogP contribution is -2.52. The minimum atomic E-state index is -1.57. The van der Waals surface area contributed by atoms with Crippen LogP contribution in [0.5, 0.6) is 0 Å². The number of carboxylic acid groups (broad SMARTS) is 1. The number of amides is 3. The number of urea groups is 1. The third-order valence-corrected chi connectivity index (χ3v) is 3.03. The van der Waals surface area contributed by atoms with Crippen LogP contribution in [0.25, 0.3) is 0 Å². The molecule has 0 saturated carbocycles. The Balaban J connectivity index is 2.89. The molecule has 1 unspecified atom stereocenters. The number of hydrogen-bond donors (Lipinski definition) is 7. The minimum absolute atomic E-state index is 0.0541. The lowest BCUT2D eigenvalue weighted by atomic mass is 10.2. The van der Waals surface area contributed by atoms with Crippen molar-refractivity contribution < 1.29 is 34.2 Å².